The summed E-state index contributed by atoms with van der Waals surface area (Å²) in [7, 11) is 3.19. The van der Waals surface area contributed by atoms with Gasteiger partial charge in [0.05, 0.1) is 19.1 Å². The van der Waals surface area contributed by atoms with Crippen molar-refractivity contribution in [1.29, 1.82) is 0 Å². The van der Waals surface area contributed by atoms with Crippen molar-refractivity contribution in [3.05, 3.63) is 29.3 Å². The molecule has 0 aromatic heterocycles. The molecular weight excluding hydrogens is 232 g/mol. The average molecular weight is 250 g/mol. The van der Waals surface area contributed by atoms with Crippen LogP contribution < -0.4 is 4.74 Å². The van der Waals surface area contributed by atoms with Gasteiger partial charge in [-0.15, -0.1) is 0 Å². The fraction of sp³-hybridized carbons (Fsp3) is 0.500. The monoisotopic (exact) mass is 250 g/mol. The van der Waals surface area contributed by atoms with Gasteiger partial charge in [0.25, 0.3) is 0 Å². The zero-order chi connectivity index (χ0) is 13.2. The third-order valence-corrected chi connectivity index (χ3v) is 3.73. The number of ether oxygens (including phenoxy) is 2. The molecule has 1 aromatic rings. The smallest absolute Gasteiger partial charge is 0.314 e. The van der Waals surface area contributed by atoms with E-state index in [1.165, 1.54) is 0 Å². The molecule has 1 N–H and O–H groups in total. The molecule has 4 heteroatoms. The molecule has 0 unspecified atom stereocenters. The number of benzene rings is 1. The average Bonchev–Trinajstić information content (AvgIpc) is 2.28. The molecule has 0 bridgehead atoms. The second kappa shape index (κ2) is 4.98. The molecule has 1 fully saturated rings. The highest BCUT2D eigenvalue weighted by Gasteiger charge is 2.47. The summed E-state index contributed by atoms with van der Waals surface area (Å²) >= 11 is 0. The van der Waals surface area contributed by atoms with Crippen molar-refractivity contribution in [2.75, 3.05) is 14.2 Å². The highest BCUT2D eigenvalue weighted by molar-refractivity contribution is 5.84. The van der Waals surface area contributed by atoms with Gasteiger partial charge in [0, 0.05) is 18.2 Å². The molecule has 1 saturated carbocycles. The molecule has 0 heterocycles. The maximum atomic E-state index is 11.6. The summed E-state index contributed by atoms with van der Waals surface area (Å²) in [6.45, 7) is 0.423. The number of aliphatic carboxylic acids is 1. The molecule has 0 aliphatic heterocycles. The number of rotatable bonds is 5. The van der Waals surface area contributed by atoms with Crippen LogP contribution in [0, 0.1) is 0 Å². The second-order valence-electron chi connectivity index (χ2n) is 4.67. The van der Waals surface area contributed by atoms with Crippen LogP contribution in [0.2, 0.25) is 0 Å². The Morgan fingerprint density at radius 2 is 2.11 bits per heavy atom. The lowest BCUT2D eigenvalue weighted by Gasteiger charge is -2.39. The Morgan fingerprint density at radius 1 is 1.39 bits per heavy atom. The van der Waals surface area contributed by atoms with Crippen LogP contribution in [0.4, 0.5) is 0 Å². The molecular formula is C14H18O4. The topological polar surface area (TPSA) is 55.8 Å². The van der Waals surface area contributed by atoms with Gasteiger partial charge in [-0.2, -0.15) is 0 Å². The van der Waals surface area contributed by atoms with E-state index >= 15 is 0 Å². The van der Waals surface area contributed by atoms with Crippen LogP contribution in [0.25, 0.3) is 0 Å². The minimum absolute atomic E-state index is 0.423. The van der Waals surface area contributed by atoms with Gasteiger partial charge in [-0.05, 0) is 12.8 Å². The van der Waals surface area contributed by atoms with E-state index in [1.807, 2.05) is 18.2 Å². The summed E-state index contributed by atoms with van der Waals surface area (Å²) in [6.07, 6.45) is 2.30. The van der Waals surface area contributed by atoms with E-state index in [4.69, 9.17) is 9.47 Å². The molecule has 0 atom stereocenters. The minimum atomic E-state index is -0.769. The van der Waals surface area contributed by atoms with Crippen LogP contribution in [0.15, 0.2) is 18.2 Å². The lowest BCUT2D eigenvalue weighted by atomic mass is 9.64. The van der Waals surface area contributed by atoms with Crippen LogP contribution in [0.1, 0.15) is 30.4 Å². The Morgan fingerprint density at radius 3 is 2.56 bits per heavy atom. The Hall–Kier alpha value is -1.55. The molecule has 4 nitrogen and oxygen atoms in total. The third-order valence-electron chi connectivity index (χ3n) is 3.73. The Kier molecular flexibility index (Phi) is 3.57. The van der Waals surface area contributed by atoms with E-state index in [2.05, 4.69) is 0 Å². The lowest BCUT2D eigenvalue weighted by molar-refractivity contribution is -0.147. The predicted octanol–water partition coefficient (Wildman–Crippen LogP) is 2.35. The van der Waals surface area contributed by atoms with Crippen LogP contribution in [-0.4, -0.2) is 25.3 Å². The Balaban J connectivity index is 2.50. The predicted molar refractivity (Wildman–Crippen MR) is 66.9 cm³/mol. The molecule has 1 aromatic carbocycles. The summed E-state index contributed by atoms with van der Waals surface area (Å²) < 4.78 is 10.5. The SMILES string of the molecule is COCc1cccc(C2(C(=O)O)CCC2)c1OC. The zero-order valence-corrected chi connectivity index (χ0v) is 10.7. The van der Waals surface area contributed by atoms with E-state index in [-0.39, 0.29) is 0 Å². The zero-order valence-electron chi connectivity index (χ0n) is 10.7. The van der Waals surface area contributed by atoms with Crippen molar-refractivity contribution in [2.24, 2.45) is 0 Å². The lowest BCUT2D eigenvalue weighted by Crippen LogP contribution is -2.42. The standard InChI is InChI=1S/C14H18O4/c1-17-9-10-5-3-6-11(12(10)18-2)14(13(15)16)7-4-8-14/h3,5-6H,4,7-9H2,1-2H3,(H,15,16). The number of carboxylic acid groups (broad SMARTS) is 1. The maximum absolute atomic E-state index is 11.6. The van der Waals surface area contributed by atoms with Gasteiger partial charge in [-0.1, -0.05) is 24.6 Å². The van der Waals surface area contributed by atoms with Crippen molar-refractivity contribution in [3.8, 4) is 5.75 Å². The van der Waals surface area contributed by atoms with Crippen molar-refractivity contribution >= 4 is 5.97 Å². The van der Waals surface area contributed by atoms with E-state index in [9.17, 15) is 9.90 Å². The summed E-state index contributed by atoms with van der Waals surface area (Å²) in [5.74, 6) is -0.108. The fourth-order valence-electron chi connectivity index (χ4n) is 2.60. The van der Waals surface area contributed by atoms with Gasteiger partial charge in [-0.3, -0.25) is 4.79 Å². The molecule has 0 saturated heterocycles. The summed E-state index contributed by atoms with van der Waals surface area (Å²) in [5.41, 5.74) is 0.901. The highest BCUT2D eigenvalue weighted by Crippen LogP contribution is 2.48. The van der Waals surface area contributed by atoms with Gasteiger partial charge < -0.3 is 14.6 Å². The molecule has 1 aliphatic rings. The summed E-state index contributed by atoms with van der Waals surface area (Å²) in [6, 6.07) is 5.63. The van der Waals surface area contributed by atoms with E-state index in [0.717, 1.165) is 17.5 Å². The van der Waals surface area contributed by atoms with Crippen molar-refractivity contribution in [2.45, 2.75) is 31.3 Å². The van der Waals surface area contributed by atoms with Gasteiger partial charge in [-0.25, -0.2) is 0 Å². The van der Waals surface area contributed by atoms with Crippen molar-refractivity contribution < 1.29 is 19.4 Å². The number of methoxy groups -OCH3 is 2. The first-order valence-corrected chi connectivity index (χ1v) is 6.04. The molecule has 18 heavy (non-hydrogen) atoms. The molecule has 0 amide bonds. The quantitative estimate of drug-likeness (QED) is 0.871. The first kappa shape index (κ1) is 12.9. The van der Waals surface area contributed by atoms with Crippen LogP contribution in [0.3, 0.4) is 0 Å². The summed E-state index contributed by atoms with van der Waals surface area (Å²) in [5, 5.41) is 9.49. The van der Waals surface area contributed by atoms with Crippen molar-refractivity contribution in [3.63, 3.8) is 0 Å². The fourth-order valence-corrected chi connectivity index (χ4v) is 2.60. The summed E-state index contributed by atoms with van der Waals surface area (Å²) in [4.78, 5) is 11.6. The van der Waals surface area contributed by atoms with E-state index < -0.39 is 11.4 Å². The third kappa shape index (κ3) is 1.86. The highest BCUT2D eigenvalue weighted by atomic mass is 16.5. The molecule has 98 valence electrons. The minimum Gasteiger partial charge on any atom is -0.496 e. The molecule has 0 radical (unpaired) electrons. The molecule has 2 rings (SSSR count). The van der Waals surface area contributed by atoms with Gasteiger partial charge in [0.15, 0.2) is 0 Å². The van der Waals surface area contributed by atoms with Crippen LogP contribution >= 0.6 is 0 Å². The maximum Gasteiger partial charge on any atom is 0.314 e. The Bertz CT molecular complexity index is 449. The second-order valence-corrected chi connectivity index (χ2v) is 4.67. The normalized spacial score (nSPS) is 17.0. The largest absolute Gasteiger partial charge is 0.496 e. The number of para-hydroxylation sites is 1. The number of carbonyl (C=O) groups is 1. The van der Waals surface area contributed by atoms with Gasteiger partial charge in [0.2, 0.25) is 0 Å². The number of carboxylic acids is 1. The molecule has 0 spiro atoms. The molecule has 1 aliphatic carbocycles. The number of hydrogen-bond donors (Lipinski definition) is 1. The first-order valence-electron chi connectivity index (χ1n) is 6.04. The van der Waals surface area contributed by atoms with E-state index in [0.29, 0.717) is 25.2 Å². The van der Waals surface area contributed by atoms with E-state index in [1.54, 1.807) is 14.2 Å². The first-order chi connectivity index (χ1) is 8.65. The van der Waals surface area contributed by atoms with Gasteiger partial charge >= 0.3 is 5.97 Å². The van der Waals surface area contributed by atoms with Crippen LogP contribution in [-0.2, 0) is 21.6 Å². The number of hydrogen-bond acceptors (Lipinski definition) is 3. The van der Waals surface area contributed by atoms with Crippen molar-refractivity contribution in [1.82, 2.24) is 0 Å². The Labute approximate surface area is 107 Å². The van der Waals surface area contributed by atoms with Crippen LogP contribution in [0.5, 0.6) is 5.75 Å². The van der Waals surface area contributed by atoms with Gasteiger partial charge in [0.1, 0.15) is 5.75 Å².